The highest BCUT2D eigenvalue weighted by atomic mass is 35.5. The first-order valence-electron chi connectivity index (χ1n) is 5.61. The molecule has 0 radical (unpaired) electrons. The minimum atomic E-state index is -0.417. The van der Waals surface area contributed by atoms with Gasteiger partial charge in [0.15, 0.2) is 0 Å². The lowest BCUT2D eigenvalue weighted by atomic mass is 10.0. The SMILES string of the molecule is COc1ccc(Cc2ccccc2C(=O)Cl)cc1. The van der Waals surface area contributed by atoms with Gasteiger partial charge in [-0.05, 0) is 47.3 Å². The van der Waals surface area contributed by atoms with E-state index >= 15 is 0 Å². The highest BCUT2D eigenvalue weighted by molar-refractivity contribution is 6.67. The molecule has 0 bridgehead atoms. The molecule has 0 aliphatic heterocycles. The summed E-state index contributed by atoms with van der Waals surface area (Å²) in [5.41, 5.74) is 2.61. The Hall–Kier alpha value is -1.80. The van der Waals surface area contributed by atoms with Gasteiger partial charge in [0.2, 0.25) is 0 Å². The van der Waals surface area contributed by atoms with Gasteiger partial charge in [0.05, 0.1) is 7.11 Å². The first kappa shape index (κ1) is 12.7. The maximum absolute atomic E-state index is 11.3. The molecular formula is C15H13ClO2. The molecule has 0 saturated carbocycles. The van der Waals surface area contributed by atoms with E-state index in [4.69, 9.17) is 16.3 Å². The van der Waals surface area contributed by atoms with Gasteiger partial charge in [-0.1, -0.05) is 30.3 Å². The second-order valence-electron chi connectivity index (χ2n) is 3.96. The Morgan fingerprint density at radius 3 is 2.39 bits per heavy atom. The summed E-state index contributed by atoms with van der Waals surface area (Å²) in [4.78, 5) is 11.3. The average molecular weight is 261 g/mol. The van der Waals surface area contributed by atoms with E-state index < -0.39 is 5.24 Å². The fourth-order valence-electron chi connectivity index (χ4n) is 1.83. The van der Waals surface area contributed by atoms with Crippen LogP contribution in [0.2, 0.25) is 0 Å². The second-order valence-corrected chi connectivity index (χ2v) is 4.30. The summed E-state index contributed by atoms with van der Waals surface area (Å²) in [6.45, 7) is 0. The van der Waals surface area contributed by atoms with Crippen LogP contribution in [0.15, 0.2) is 48.5 Å². The molecule has 2 aromatic rings. The van der Waals surface area contributed by atoms with Gasteiger partial charge in [0.25, 0.3) is 5.24 Å². The number of rotatable bonds is 4. The van der Waals surface area contributed by atoms with Crippen molar-refractivity contribution in [1.82, 2.24) is 0 Å². The largest absolute Gasteiger partial charge is 0.497 e. The number of benzene rings is 2. The van der Waals surface area contributed by atoms with Crippen LogP contribution in [0.25, 0.3) is 0 Å². The highest BCUT2D eigenvalue weighted by Crippen LogP contribution is 2.18. The van der Waals surface area contributed by atoms with Crippen molar-refractivity contribution in [2.24, 2.45) is 0 Å². The molecule has 2 aromatic carbocycles. The van der Waals surface area contributed by atoms with Crippen LogP contribution in [-0.2, 0) is 6.42 Å². The molecule has 92 valence electrons. The van der Waals surface area contributed by atoms with Crippen molar-refractivity contribution in [1.29, 1.82) is 0 Å². The zero-order valence-corrected chi connectivity index (χ0v) is 10.8. The van der Waals surface area contributed by atoms with Crippen LogP contribution in [0.3, 0.4) is 0 Å². The van der Waals surface area contributed by atoms with E-state index in [9.17, 15) is 4.79 Å². The van der Waals surface area contributed by atoms with Gasteiger partial charge in [-0.25, -0.2) is 0 Å². The van der Waals surface area contributed by atoms with Crippen molar-refractivity contribution in [2.45, 2.75) is 6.42 Å². The summed E-state index contributed by atoms with van der Waals surface area (Å²) in [6, 6.07) is 15.1. The van der Waals surface area contributed by atoms with E-state index in [-0.39, 0.29) is 0 Å². The number of methoxy groups -OCH3 is 1. The van der Waals surface area contributed by atoms with Gasteiger partial charge < -0.3 is 4.74 Å². The summed E-state index contributed by atoms with van der Waals surface area (Å²) in [6.07, 6.45) is 0.679. The molecule has 0 aromatic heterocycles. The van der Waals surface area contributed by atoms with Crippen LogP contribution in [0.4, 0.5) is 0 Å². The van der Waals surface area contributed by atoms with Crippen molar-refractivity contribution in [3.05, 3.63) is 65.2 Å². The number of hydrogen-bond donors (Lipinski definition) is 0. The maximum Gasteiger partial charge on any atom is 0.252 e. The molecule has 0 N–H and O–H groups in total. The summed E-state index contributed by atoms with van der Waals surface area (Å²) in [7, 11) is 1.64. The second kappa shape index (κ2) is 5.69. The van der Waals surface area contributed by atoms with Crippen molar-refractivity contribution in [3.8, 4) is 5.75 Å². The topological polar surface area (TPSA) is 26.3 Å². The van der Waals surface area contributed by atoms with Crippen molar-refractivity contribution in [3.63, 3.8) is 0 Å². The van der Waals surface area contributed by atoms with Crippen molar-refractivity contribution >= 4 is 16.8 Å². The van der Waals surface area contributed by atoms with Crippen LogP contribution < -0.4 is 4.74 Å². The lowest BCUT2D eigenvalue weighted by molar-refractivity contribution is 0.108. The molecule has 3 heteroatoms. The van der Waals surface area contributed by atoms with E-state index in [1.807, 2.05) is 42.5 Å². The molecule has 0 spiro atoms. The maximum atomic E-state index is 11.3. The Balaban J connectivity index is 2.25. The predicted molar refractivity (Wildman–Crippen MR) is 72.4 cm³/mol. The fraction of sp³-hybridized carbons (Fsp3) is 0.133. The van der Waals surface area contributed by atoms with E-state index in [2.05, 4.69) is 0 Å². The Bertz CT molecular complexity index is 547. The molecule has 0 aliphatic carbocycles. The molecule has 0 unspecified atom stereocenters. The standard InChI is InChI=1S/C15H13ClO2/c1-18-13-8-6-11(7-9-13)10-12-4-2-3-5-14(12)15(16)17/h2-9H,10H2,1H3. The molecular weight excluding hydrogens is 248 g/mol. The van der Waals surface area contributed by atoms with Gasteiger partial charge in [-0.2, -0.15) is 0 Å². The molecule has 0 amide bonds. The Morgan fingerprint density at radius 2 is 1.78 bits per heavy atom. The van der Waals surface area contributed by atoms with Crippen LogP contribution in [0.1, 0.15) is 21.5 Å². The van der Waals surface area contributed by atoms with Crippen LogP contribution in [0, 0.1) is 0 Å². The molecule has 2 nitrogen and oxygen atoms in total. The average Bonchev–Trinajstić information content (AvgIpc) is 2.40. The molecule has 0 saturated heterocycles. The molecule has 18 heavy (non-hydrogen) atoms. The minimum absolute atomic E-state index is 0.417. The molecule has 2 rings (SSSR count). The zero-order valence-electron chi connectivity index (χ0n) is 10.0. The van der Waals surface area contributed by atoms with Crippen LogP contribution in [-0.4, -0.2) is 12.4 Å². The van der Waals surface area contributed by atoms with Gasteiger partial charge >= 0.3 is 0 Å². The summed E-state index contributed by atoms with van der Waals surface area (Å²) >= 11 is 5.56. The highest BCUT2D eigenvalue weighted by Gasteiger charge is 2.08. The number of hydrogen-bond acceptors (Lipinski definition) is 2. The third-order valence-corrected chi connectivity index (χ3v) is 2.99. The summed E-state index contributed by atoms with van der Waals surface area (Å²) in [5.74, 6) is 0.820. The minimum Gasteiger partial charge on any atom is -0.497 e. The third-order valence-electron chi connectivity index (χ3n) is 2.78. The van der Waals surface area contributed by atoms with Gasteiger partial charge in [-0.15, -0.1) is 0 Å². The number of carbonyl (C=O) groups is 1. The first-order chi connectivity index (χ1) is 8.70. The monoisotopic (exact) mass is 260 g/mol. The zero-order chi connectivity index (χ0) is 13.0. The Morgan fingerprint density at radius 1 is 1.11 bits per heavy atom. The first-order valence-corrected chi connectivity index (χ1v) is 5.99. The molecule has 0 aliphatic rings. The van der Waals surface area contributed by atoms with Gasteiger partial charge in [0, 0.05) is 5.56 Å². The third kappa shape index (κ3) is 2.90. The lowest BCUT2D eigenvalue weighted by Gasteiger charge is -2.07. The van der Waals surface area contributed by atoms with Crippen LogP contribution in [0.5, 0.6) is 5.75 Å². The van der Waals surface area contributed by atoms with Crippen molar-refractivity contribution in [2.75, 3.05) is 7.11 Å². The number of carbonyl (C=O) groups excluding carboxylic acids is 1. The molecule has 0 fully saturated rings. The number of halogens is 1. The van der Waals surface area contributed by atoms with E-state index in [0.29, 0.717) is 12.0 Å². The van der Waals surface area contributed by atoms with E-state index in [1.165, 1.54) is 0 Å². The Kier molecular flexibility index (Phi) is 4.00. The summed E-state index contributed by atoms with van der Waals surface area (Å²) < 4.78 is 5.11. The lowest BCUT2D eigenvalue weighted by Crippen LogP contribution is -1.98. The van der Waals surface area contributed by atoms with Crippen LogP contribution >= 0.6 is 11.6 Å². The predicted octanol–water partition coefficient (Wildman–Crippen LogP) is 3.67. The molecule has 0 atom stereocenters. The quantitative estimate of drug-likeness (QED) is 0.784. The normalized spacial score (nSPS) is 10.1. The van der Waals surface area contributed by atoms with E-state index in [0.717, 1.165) is 16.9 Å². The summed E-state index contributed by atoms with van der Waals surface area (Å²) in [5, 5.41) is -0.417. The smallest absolute Gasteiger partial charge is 0.252 e. The molecule has 0 heterocycles. The fourth-order valence-corrected chi connectivity index (χ4v) is 2.01. The van der Waals surface area contributed by atoms with E-state index in [1.54, 1.807) is 13.2 Å². The van der Waals surface area contributed by atoms with Gasteiger partial charge in [-0.3, -0.25) is 4.79 Å². The number of ether oxygens (including phenoxy) is 1. The van der Waals surface area contributed by atoms with Gasteiger partial charge in [0.1, 0.15) is 5.75 Å². The Labute approximate surface area is 111 Å². The van der Waals surface area contributed by atoms with Crippen molar-refractivity contribution < 1.29 is 9.53 Å².